The van der Waals surface area contributed by atoms with Gasteiger partial charge in [-0.05, 0) is 49.7 Å². The highest BCUT2D eigenvalue weighted by atomic mass is 16.6. The number of nitrogens with one attached hydrogen (secondary N) is 2. The van der Waals surface area contributed by atoms with E-state index in [0.29, 0.717) is 36.1 Å². The molecule has 3 aromatic rings. The van der Waals surface area contributed by atoms with E-state index in [0.717, 1.165) is 16.9 Å². The molecule has 6 nitrogen and oxygen atoms in total. The molecule has 0 atom stereocenters. The maximum absolute atomic E-state index is 12.5. The molecule has 2 heterocycles. The first-order valence-electron chi connectivity index (χ1n) is 9.10. The van der Waals surface area contributed by atoms with Gasteiger partial charge in [0.25, 0.3) is 5.91 Å². The second-order valence-electron chi connectivity index (χ2n) is 6.69. The Hall–Kier alpha value is -3.54. The quantitative estimate of drug-likeness (QED) is 0.704. The van der Waals surface area contributed by atoms with Crippen LogP contribution in [0.25, 0.3) is 0 Å². The van der Waals surface area contributed by atoms with Crippen LogP contribution in [0.5, 0.6) is 11.5 Å². The van der Waals surface area contributed by atoms with Crippen molar-refractivity contribution in [3.05, 3.63) is 71.5 Å². The number of fused-ring (bicyclic) bond motifs is 1. The van der Waals surface area contributed by atoms with Crippen molar-refractivity contribution in [2.45, 2.75) is 13.8 Å². The standard InChI is InChI=1S/C22H21N3O3/c1-14-3-6-18(15(2)11-14)24-17-4-7-19(23-13-17)22(26)25-16-5-8-20-21(12-16)28-10-9-27-20/h3-8,11-13,24H,9-10H2,1-2H3,(H,25,26). The molecule has 4 rings (SSSR count). The van der Waals surface area contributed by atoms with Crippen LogP contribution in [0.2, 0.25) is 0 Å². The third-order valence-electron chi connectivity index (χ3n) is 4.46. The topological polar surface area (TPSA) is 72.5 Å². The van der Waals surface area contributed by atoms with Crippen LogP contribution in [0.3, 0.4) is 0 Å². The molecule has 1 aliphatic heterocycles. The van der Waals surface area contributed by atoms with E-state index in [1.54, 1.807) is 30.5 Å². The van der Waals surface area contributed by atoms with E-state index in [-0.39, 0.29) is 5.91 Å². The number of aryl methyl sites for hydroxylation is 2. The number of pyridine rings is 1. The lowest BCUT2D eigenvalue weighted by atomic mass is 10.1. The zero-order valence-electron chi connectivity index (χ0n) is 15.8. The second kappa shape index (κ2) is 7.60. The van der Waals surface area contributed by atoms with E-state index in [2.05, 4.69) is 41.6 Å². The van der Waals surface area contributed by atoms with Gasteiger partial charge in [0.05, 0.1) is 11.9 Å². The Bertz CT molecular complexity index is 1020. The Kier molecular flexibility index (Phi) is 4.85. The minimum atomic E-state index is -0.283. The minimum absolute atomic E-state index is 0.283. The van der Waals surface area contributed by atoms with Crippen LogP contribution in [0.1, 0.15) is 21.6 Å². The van der Waals surface area contributed by atoms with E-state index < -0.39 is 0 Å². The Labute approximate surface area is 163 Å². The highest BCUT2D eigenvalue weighted by Gasteiger charge is 2.14. The summed E-state index contributed by atoms with van der Waals surface area (Å²) in [4.78, 5) is 16.8. The third kappa shape index (κ3) is 3.91. The van der Waals surface area contributed by atoms with Crippen LogP contribution in [-0.4, -0.2) is 24.1 Å². The van der Waals surface area contributed by atoms with E-state index in [9.17, 15) is 4.79 Å². The predicted molar refractivity (Wildman–Crippen MR) is 109 cm³/mol. The predicted octanol–water partition coefficient (Wildman–Crippen LogP) is 4.47. The van der Waals surface area contributed by atoms with Crippen LogP contribution in [-0.2, 0) is 0 Å². The number of rotatable bonds is 4. The zero-order chi connectivity index (χ0) is 19.5. The largest absolute Gasteiger partial charge is 0.486 e. The zero-order valence-corrected chi connectivity index (χ0v) is 15.8. The molecule has 142 valence electrons. The summed E-state index contributed by atoms with van der Waals surface area (Å²) in [6.07, 6.45) is 1.65. The molecule has 2 N–H and O–H groups in total. The van der Waals surface area contributed by atoms with Crippen molar-refractivity contribution >= 4 is 23.0 Å². The van der Waals surface area contributed by atoms with Crippen molar-refractivity contribution in [1.29, 1.82) is 0 Å². The van der Waals surface area contributed by atoms with Crippen LogP contribution < -0.4 is 20.1 Å². The fraction of sp³-hybridized carbons (Fsp3) is 0.182. The first-order chi connectivity index (χ1) is 13.6. The molecule has 0 spiro atoms. The molecule has 1 aromatic heterocycles. The molecular formula is C22H21N3O3. The third-order valence-corrected chi connectivity index (χ3v) is 4.46. The molecule has 1 aliphatic rings. The fourth-order valence-electron chi connectivity index (χ4n) is 3.03. The molecular weight excluding hydrogens is 354 g/mol. The summed E-state index contributed by atoms with van der Waals surface area (Å²) in [6.45, 7) is 5.15. The molecule has 0 saturated carbocycles. The first kappa shape index (κ1) is 17.9. The van der Waals surface area contributed by atoms with Crippen molar-refractivity contribution < 1.29 is 14.3 Å². The SMILES string of the molecule is Cc1ccc(Nc2ccc(C(=O)Nc3ccc4c(c3)OCCO4)nc2)c(C)c1. The lowest BCUT2D eigenvalue weighted by molar-refractivity contribution is 0.102. The van der Waals surface area contributed by atoms with Crippen molar-refractivity contribution in [3.8, 4) is 11.5 Å². The molecule has 0 radical (unpaired) electrons. The number of hydrogen-bond donors (Lipinski definition) is 2. The second-order valence-corrected chi connectivity index (χ2v) is 6.69. The Morgan fingerprint density at radius 2 is 1.71 bits per heavy atom. The number of ether oxygens (including phenoxy) is 2. The summed E-state index contributed by atoms with van der Waals surface area (Å²) < 4.78 is 11.0. The summed E-state index contributed by atoms with van der Waals surface area (Å²) in [5.74, 6) is 1.03. The van der Waals surface area contributed by atoms with Gasteiger partial charge in [0.1, 0.15) is 18.9 Å². The van der Waals surface area contributed by atoms with Gasteiger partial charge < -0.3 is 20.1 Å². The molecule has 1 amide bonds. The number of benzene rings is 2. The van der Waals surface area contributed by atoms with Gasteiger partial charge in [-0.2, -0.15) is 0 Å². The lowest BCUT2D eigenvalue weighted by Gasteiger charge is -2.19. The van der Waals surface area contributed by atoms with Crippen molar-refractivity contribution in [3.63, 3.8) is 0 Å². The molecule has 0 unspecified atom stereocenters. The summed E-state index contributed by atoms with van der Waals surface area (Å²) in [5.41, 5.74) is 5.17. The van der Waals surface area contributed by atoms with Gasteiger partial charge in [0.2, 0.25) is 0 Å². The van der Waals surface area contributed by atoms with Gasteiger partial charge in [-0.15, -0.1) is 0 Å². The summed E-state index contributed by atoms with van der Waals surface area (Å²) in [5, 5.41) is 6.16. The molecule has 0 bridgehead atoms. The van der Waals surface area contributed by atoms with Crippen molar-refractivity contribution in [2.24, 2.45) is 0 Å². The van der Waals surface area contributed by atoms with Crippen LogP contribution in [0, 0.1) is 13.8 Å². The minimum Gasteiger partial charge on any atom is -0.486 e. The van der Waals surface area contributed by atoms with Crippen LogP contribution >= 0.6 is 0 Å². The van der Waals surface area contributed by atoms with Crippen LogP contribution in [0.15, 0.2) is 54.7 Å². The van der Waals surface area contributed by atoms with Gasteiger partial charge in [-0.3, -0.25) is 4.79 Å². The van der Waals surface area contributed by atoms with Crippen LogP contribution in [0.4, 0.5) is 17.1 Å². The molecule has 28 heavy (non-hydrogen) atoms. The number of carbonyl (C=O) groups excluding carboxylic acids is 1. The van der Waals surface area contributed by atoms with Gasteiger partial charge >= 0.3 is 0 Å². The Morgan fingerprint density at radius 1 is 0.929 bits per heavy atom. The molecule has 0 aliphatic carbocycles. The van der Waals surface area contributed by atoms with E-state index >= 15 is 0 Å². The number of anilines is 3. The lowest BCUT2D eigenvalue weighted by Crippen LogP contribution is -2.17. The number of nitrogens with zero attached hydrogens (tertiary/aromatic N) is 1. The molecule has 2 aromatic carbocycles. The summed E-state index contributed by atoms with van der Waals surface area (Å²) in [7, 11) is 0. The monoisotopic (exact) mass is 375 g/mol. The smallest absolute Gasteiger partial charge is 0.274 e. The normalized spacial score (nSPS) is 12.4. The molecule has 6 heteroatoms. The molecule has 0 fully saturated rings. The Morgan fingerprint density at radius 3 is 2.46 bits per heavy atom. The number of aromatic nitrogens is 1. The van der Waals surface area contributed by atoms with Gasteiger partial charge in [0.15, 0.2) is 11.5 Å². The highest BCUT2D eigenvalue weighted by molar-refractivity contribution is 6.03. The first-order valence-corrected chi connectivity index (χ1v) is 9.10. The maximum atomic E-state index is 12.5. The number of amides is 1. The summed E-state index contributed by atoms with van der Waals surface area (Å²) in [6, 6.07) is 15.1. The van der Waals surface area contributed by atoms with Crippen molar-refractivity contribution in [1.82, 2.24) is 4.98 Å². The number of carbonyl (C=O) groups is 1. The average molecular weight is 375 g/mol. The van der Waals surface area contributed by atoms with E-state index in [1.807, 2.05) is 12.1 Å². The maximum Gasteiger partial charge on any atom is 0.274 e. The van der Waals surface area contributed by atoms with Crippen molar-refractivity contribution in [2.75, 3.05) is 23.8 Å². The van der Waals surface area contributed by atoms with Gasteiger partial charge in [0, 0.05) is 17.4 Å². The fourth-order valence-corrected chi connectivity index (χ4v) is 3.03. The van der Waals surface area contributed by atoms with E-state index in [1.165, 1.54) is 5.56 Å². The average Bonchev–Trinajstić information content (AvgIpc) is 2.70. The number of hydrogen-bond acceptors (Lipinski definition) is 5. The van der Waals surface area contributed by atoms with E-state index in [4.69, 9.17) is 9.47 Å². The van der Waals surface area contributed by atoms with Gasteiger partial charge in [-0.1, -0.05) is 17.7 Å². The Balaban J connectivity index is 1.44. The summed E-state index contributed by atoms with van der Waals surface area (Å²) >= 11 is 0. The highest BCUT2D eigenvalue weighted by Crippen LogP contribution is 2.32. The molecule has 0 saturated heterocycles. The van der Waals surface area contributed by atoms with Gasteiger partial charge in [-0.25, -0.2) is 4.98 Å².